The molecule has 1 amide bonds. The third kappa shape index (κ3) is 4.14. The Morgan fingerprint density at radius 1 is 1.11 bits per heavy atom. The van der Waals surface area contributed by atoms with Crippen LogP contribution in [0.2, 0.25) is 0 Å². The molecule has 0 spiro atoms. The monoisotopic (exact) mass is 372 g/mol. The fraction of sp³-hybridized carbons (Fsp3) is 0.682. The molecule has 1 atom stereocenters. The molecule has 1 aromatic carbocycles. The fourth-order valence-corrected chi connectivity index (χ4v) is 4.58. The van der Waals surface area contributed by atoms with Crippen LogP contribution in [-0.2, 0) is 14.9 Å². The van der Waals surface area contributed by atoms with E-state index in [1.54, 1.807) is 7.11 Å². The van der Waals surface area contributed by atoms with E-state index in [-0.39, 0.29) is 11.5 Å². The molecule has 148 valence electrons. The van der Waals surface area contributed by atoms with E-state index in [9.17, 15) is 4.79 Å². The lowest BCUT2D eigenvalue weighted by atomic mass is 9.94. The van der Waals surface area contributed by atoms with E-state index in [4.69, 9.17) is 9.47 Å². The Hall–Kier alpha value is -1.59. The van der Waals surface area contributed by atoms with E-state index in [1.165, 1.54) is 32.4 Å². The quantitative estimate of drug-likeness (QED) is 0.797. The van der Waals surface area contributed by atoms with Crippen molar-refractivity contribution >= 4 is 5.91 Å². The van der Waals surface area contributed by atoms with Crippen molar-refractivity contribution in [3.63, 3.8) is 0 Å². The van der Waals surface area contributed by atoms with Crippen LogP contribution in [0.3, 0.4) is 0 Å². The first kappa shape index (κ1) is 18.8. The van der Waals surface area contributed by atoms with Crippen molar-refractivity contribution in [1.82, 2.24) is 9.80 Å². The lowest BCUT2D eigenvalue weighted by Crippen LogP contribution is -2.46. The predicted molar refractivity (Wildman–Crippen MR) is 105 cm³/mol. The molecule has 0 unspecified atom stereocenters. The minimum Gasteiger partial charge on any atom is -0.497 e. The highest BCUT2D eigenvalue weighted by molar-refractivity contribution is 5.91. The summed E-state index contributed by atoms with van der Waals surface area (Å²) in [6.45, 7) is 5.60. The number of amides is 1. The van der Waals surface area contributed by atoms with E-state index in [0.717, 1.165) is 56.8 Å². The van der Waals surface area contributed by atoms with Crippen molar-refractivity contribution in [2.45, 2.75) is 50.0 Å². The minimum absolute atomic E-state index is 0.140. The van der Waals surface area contributed by atoms with Gasteiger partial charge in [-0.2, -0.15) is 0 Å². The molecule has 5 nitrogen and oxygen atoms in total. The average Bonchev–Trinajstić information content (AvgIpc) is 3.54. The van der Waals surface area contributed by atoms with Gasteiger partial charge in [0.15, 0.2) is 0 Å². The predicted octanol–water partition coefficient (Wildman–Crippen LogP) is 2.83. The molecule has 0 N–H and O–H groups in total. The van der Waals surface area contributed by atoms with Gasteiger partial charge in [-0.15, -0.1) is 0 Å². The van der Waals surface area contributed by atoms with Crippen LogP contribution in [0.1, 0.15) is 44.1 Å². The van der Waals surface area contributed by atoms with Crippen molar-refractivity contribution in [2.24, 2.45) is 0 Å². The van der Waals surface area contributed by atoms with Gasteiger partial charge in [0, 0.05) is 26.2 Å². The zero-order valence-corrected chi connectivity index (χ0v) is 16.5. The maximum absolute atomic E-state index is 13.5. The summed E-state index contributed by atoms with van der Waals surface area (Å²) in [5.74, 6) is 1.13. The number of ether oxygens (including phenoxy) is 2. The second kappa shape index (κ2) is 8.19. The molecule has 3 fully saturated rings. The van der Waals surface area contributed by atoms with Crippen LogP contribution in [0, 0.1) is 0 Å². The molecule has 5 heteroatoms. The highest BCUT2D eigenvalue weighted by Crippen LogP contribution is 2.50. The number of hydrogen-bond acceptors (Lipinski definition) is 4. The van der Waals surface area contributed by atoms with E-state index in [0.29, 0.717) is 5.91 Å². The Morgan fingerprint density at radius 2 is 1.85 bits per heavy atom. The first-order valence-electron chi connectivity index (χ1n) is 10.5. The molecule has 1 saturated carbocycles. The van der Waals surface area contributed by atoms with Crippen LogP contribution < -0.4 is 4.74 Å². The summed E-state index contributed by atoms with van der Waals surface area (Å²) >= 11 is 0. The first-order valence-corrected chi connectivity index (χ1v) is 10.5. The minimum atomic E-state index is -0.313. The van der Waals surface area contributed by atoms with Crippen LogP contribution in [0.15, 0.2) is 24.3 Å². The lowest BCUT2D eigenvalue weighted by molar-refractivity contribution is -0.135. The number of hydrogen-bond donors (Lipinski definition) is 0. The molecule has 1 aromatic rings. The Balaban J connectivity index is 1.43. The summed E-state index contributed by atoms with van der Waals surface area (Å²) in [7, 11) is 1.67. The molecule has 2 saturated heterocycles. The van der Waals surface area contributed by atoms with Crippen molar-refractivity contribution in [3.05, 3.63) is 29.8 Å². The van der Waals surface area contributed by atoms with Gasteiger partial charge < -0.3 is 19.3 Å². The summed E-state index contributed by atoms with van der Waals surface area (Å²) < 4.78 is 11.4. The van der Waals surface area contributed by atoms with Gasteiger partial charge in [0.1, 0.15) is 5.75 Å². The van der Waals surface area contributed by atoms with Gasteiger partial charge in [-0.25, -0.2) is 0 Å². The maximum atomic E-state index is 13.5. The average molecular weight is 373 g/mol. The Labute approximate surface area is 162 Å². The van der Waals surface area contributed by atoms with Gasteiger partial charge in [-0.3, -0.25) is 4.79 Å². The second-order valence-electron chi connectivity index (χ2n) is 8.27. The number of carbonyl (C=O) groups excluding carboxylic acids is 1. The zero-order chi connectivity index (χ0) is 18.7. The van der Waals surface area contributed by atoms with Gasteiger partial charge in [0.25, 0.3) is 0 Å². The summed E-state index contributed by atoms with van der Waals surface area (Å²) in [6.07, 6.45) is 6.89. The largest absolute Gasteiger partial charge is 0.497 e. The third-order valence-electron chi connectivity index (χ3n) is 6.35. The highest BCUT2D eigenvalue weighted by Gasteiger charge is 2.53. The summed E-state index contributed by atoms with van der Waals surface area (Å²) in [5.41, 5.74) is 0.817. The molecular weight excluding hydrogens is 340 g/mol. The SMILES string of the molecule is COc1ccc(C2(C(=O)N3CCCO[C@@H](CN4CCCCC4)C3)CC2)cc1. The molecule has 4 rings (SSSR count). The van der Waals surface area contributed by atoms with Crippen LogP contribution >= 0.6 is 0 Å². The van der Waals surface area contributed by atoms with Gasteiger partial charge in [0.2, 0.25) is 5.91 Å². The second-order valence-corrected chi connectivity index (χ2v) is 8.27. The van der Waals surface area contributed by atoms with Gasteiger partial charge in [-0.1, -0.05) is 18.6 Å². The van der Waals surface area contributed by atoms with E-state index in [1.807, 2.05) is 12.1 Å². The number of rotatable bonds is 5. The Bertz CT molecular complexity index is 635. The number of nitrogens with zero attached hydrogens (tertiary/aromatic N) is 2. The normalized spacial score (nSPS) is 25.7. The van der Waals surface area contributed by atoms with Crippen molar-refractivity contribution in [1.29, 1.82) is 0 Å². The summed E-state index contributed by atoms with van der Waals surface area (Å²) in [5, 5.41) is 0. The van der Waals surface area contributed by atoms with Crippen molar-refractivity contribution < 1.29 is 14.3 Å². The first-order chi connectivity index (χ1) is 13.2. The highest BCUT2D eigenvalue weighted by atomic mass is 16.5. The van der Waals surface area contributed by atoms with Crippen molar-refractivity contribution in [3.8, 4) is 5.75 Å². The number of piperidine rings is 1. The lowest BCUT2D eigenvalue weighted by Gasteiger charge is -2.32. The molecule has 2 heterocycles. The van der Waals surface area contributed by atoms with Gasteiger partial charge >= 0.3 is 0 Å². The molecule has 27 heavy (non-hydrogen) atoms. The molecule has 3 aliphatic rings. The smallest absolute Gasteiger partial charge is 0.233 e. The number of carbonyl (C=O) groups is 1. The molecule has 0 aromatic heterocycles. The van der Waals surface area contributed by atoms with Gasteiger partial charge in [0.05, 0.1) is 18.6 Å². The van der Waals surface area contributed by atoms with Crippen LogP contribution in [0.25, 0.3) is 0 Å². The molecule has 2 aliphatic heterocycles. The van der Waals surface area contributed by atoms with Crippen molar-refractivity contribution in [2.75, 3.05) is 46.4 Å². The van der Waals surface area contributed by atoms with Gasteiger partial charge in [-0.05, 0) is 62.9 Å². The summed E-state index contributed by atoms with van der Waals surface area (Å²) in [4.78, 5) is 18.0. The summed E-state index contributed by atoms with van der Waals surface area (Å²) in [6, 6.07) is 8.05. The molecule has 0 bridgehead atoms. The molecule has 0 radical (unpaired) electrons. The van der Waals surface area contributed by atoms with Crippen LogP contribution in [-0.4, -0.2) is 68.3 Å². The number of likely N-dealkylation sites (tertiary alicyclic amines) is 1. The zero-order valence-electron chi connectivity index (χ0n) is 16.5. The fourth-order valence-electron chi connectivity index (χ4n) is 4.58. The van der Waals surface area contributed by atoms with E-state index < -0.39 is 0 Å². The van der Waals surface area contributed by atoms with E-state index >= 15 is 0 Å². The third-order valence-corrected chi connectivity index (χ3v) is 6.35. The van der Waals surface area contributed by atoms with Crippen LogP contribution in [0.4, 0.5) is 0 Å². The number of methoxy groups -OCH3 is 1. The Morgan fingerprint density at radius 3 is 2.52 bits per heavy atom. The molecular formula is C22H32N2O3. The standard InChI is InChI=1S/C22H32N2O3/c1-26-19-8-6-18(7-9-19)22(10-11-22)21(25)24-14-5-15-27-20(17-24)16-23-12-3-2-4-13-23/h6-9,20H,2-5,10-17H2,1H3/t20-/m0/s1. The van der Waals surface area contributed by atoms with E-state index in [2.05, 4.69) is 21.9 Å². The maximum Gasteiger partial charge on any atom is 0.233 e. The Kier molecular flexibility index (Phi) is 5.69. The number of benzene rings is 1. The molecule has 1 aliphatic carbocycles. The topological polar surface area (TPSA) is 42.0 Å². The van der Waals surface area contributed by atoms with Crippen LogP contribution in [0.5, 0.6) is 5.75 Å².